The average molecular weight is 485 g/mol. The Morgan fingerprint density at radius 3 is 2.57 bits per heavy atom. The van der Waals surface area contributed by atoms with Crippen LogP contribution in [-0.2, 0) is 0 Å². The van der Waals surface area contributed by atoms with Crippen LogP contribution in [0.4, 0.5) is 11.5 Å². The standard InChI is InChI=1S/C19H12IN5O3/c1-8-11(3-10-4-14(20)18(26)15(5-10)25(27)28)16-9(2)13(7-22)19(23)24-17(16)12(8)6-21/h3-5,26H,1-2H3,(H2,23,24)/b11-3-. The van der Waals surface area contributed by atoms with Crippen LogP contribution in [0.1, 0.15) is 34.9 Å². The number of phenols is 1. The Hall–Kier alpha value is -3.44. The molecule has 9 heteroatoms. The van der Waals surface area contributed by atoms with Crippen molar-refractivity contribution in [3.63, 3.8) is 0 Å². The van der Waals surface area contributed by atoms with Gasteiger partial charge in [-0.05, 0) is 70.9 Å². The van der Waals surface area contributed by atoms with Crippen molar-refractivity contribution < 1.29 is 10.0 Å². The van der Waals surface area contributed by atoms with E-state index in [0.29, 0.717) is 42.7 Å². The molecule has 0 amide bonds. The second-order valence-corrected chi connectivity index (χ2v) is 7.29. The zero-order valence-corrected chi connectivity index (χ0v) is 16.9. The van der Waals surface area contributed by atoms with Gasteiger partial charge in [0.2, 0.25) is 5.75 Å². The molecule has 28 heavy (non-hydrogen) atoms. The topological polar surface area (TPSA) is 150 Å². The summed E-state index contributed by atoms with van der Waals surface area (Å²) in [5.41, 5.74) is 9.33. The van der Waals surface area contributed by atoms with E-state index in [2.05, 4.69) is 11.1 Å². The van der Waals surface area contributed by atoms with Crippen LogP contribution in [-0.4, -0.2) is 15.0 Å². The van der Waals surface area contributed by atoms with Crippen LogP contribution in [0.25, 0.3) is 17.2 Å². The number of phenolic OH excluding ortho intramolecular Hbond substituents is 1. The number of aromatic hydroxyl groups is 1. The summed E-state index contributed by atoms with van der Waals surface area (Å²) in [5, 5.41) is 40.1. The van der Waals surface area contributed by atoms with E-state index < -0.39 is 16.4 Å². The van der Waals surface area contributed by atoms with E-state index in [1.165, 1.54) is 6.07 Å². The van der Waals surface area contributed by atoms with Gasteiger partial charge in [0.05, 0.1) is 25.3 Å². The number of halogens is 1. The molecule has 1 aliphatic carbocycles. The van der Waals surface area contributed by atoms with Crippen LogP contribution in [0.2, 0.25) is 0 Å². The molecule has 0 spiro atoms. The summed E-state index contributed by atoms with van der Waals surface area (Å²) >= 11 is 1.81. The molecule has 0 unspecified atom stereocenters. The monoisotopic (exact) mass is 485 g/mol. The molecule has 0 radical (unpaired) electrons. The first-order valence-electron chi connectivity index (χ1n) is 7.92. The van der Waals surface area contributed by atoms with Gasteiger partial charge in [0.1, 0.15) is 18.0 Å². The molecular weight excluding hydrogens is 473 g/mol. The number of hydrogen-bond donors (Lipinski definition) is 2. The van der Waals surface area contributed by atoms with Gasteiger partial charge in [-0.3, -0.25) is 10.1 Å². The zero-order chi connectivity index (χ0) is 20.7. The number of benzene rings is 1. The lowest BCUT2D eigenvalue weighted by atomic mass is 9.95. The van der Waals surface area contributed by atoms with E-state index in [4.69, 9.17) is 5.73 Å². The Morgan fingerprint density at radius 1 is 1.32 bits per heavy atom. The number of pyridine rings is 1. The van der Waals surface area contributed by atoms with Crippen LogP contribution in [0.15, 0.2) is 17.7 Å². The number of aromatic nitrogens is 1. The van der Waals surface area contributed by atoms with Crippen LogP contribution in [0.5, 0.6) is 5.75 Å². The minimum Gasteiger partial charge on any atom is -0.501 e. The van der Waals surface area contributed by atoms with E-state index >= 15 is 0 Å². The third-order valence-corrected chi connectivity index (χ3v) is 5.38. The maximum Gasteiger partial charge on any atom is 0.312 e. The summed E-state index contributed by atoms with van der Waals surface area (Å²) < 4.78 is 0.323. The highest BCUT2D eigenvalue weighted by Gasteiger charge is 2.30. The summed E-state index contributed by atoms with van der Waals surface area (Å²) in [5.74, 6) is -0.350. The van der Waals surface area contributed by atoms with Gasteiger partial charge < -0.3 is 10.8 Å². The predicted molar refractivity (Wildman–Crippen MR) is 112 cm³/mol. The fourth-order valence-electron chi connectivity index (χ4n) is 3.19. The van der Waals surface area contributed by atoms with E-state index in [9.17, 15) is 25.7 Å². The van der Waals surface area contributed by atoms with E-state index in [1.54, 1.807) is 26.0 Å². The smallest absolute Gasteiger partial charge is 0.312 e. The molecule has 1 aliphatic rings. The van der Waals surface area contributed by atoms with E-state index in [-0.39, 0.29) is 11.4 Å². The van der Waals surface area contributed by atoms with E-state index in [1.807, 2.05) is 28.7 Å². The van der Waals surface area contributed by atoms with Gasteiger partial charge in [0.15, 0.2) is 0 Å². The number of rotatable bonds is 2. The number of nitrogen functional groups attached to an aromatic ring is 1. The number of nitro benzene ring substituents is 1. The van der Waals surface area contributed by atoms with Crippen molar-refractivity contribution in [2.24, 2.45) is 0 Å². The molecule has 0 bridgehead atoms. The van der Waals surface area contributed by atoms with Gasteiger partial charge in [-0.2, -0.15) is 10.5 Å². The molecule has 138 valence electrons. The fourth-order valence-corrected chi connectivity index (χ4v) is 3.83. The van der Waals surface area contributed by atoms with Gasteiger partial charge in [0, 0.05) is 11.6 Å². The number of hydrogen-bond acceptors (Lipinski definition) is 7. The number of nitrogens with zero attached hydrogens (tertiary/aromatic N) is 4. The van der Waals surface area contributed by atoms with Crippen LogP contribution in [0, 0.1) is 43.3 Å². The van der Waals surface area contributed by atoms with Crippen LogP contribution >= 0.6 is 22.6 Å². The fraction of sp³-hybridized carbons (Fsp3) is 0.105. The van der Waals surface area contributed by atoms with Gasteiger partial charge >= 0.3 is 5.69 Å². The Morgan fingerprint density at radius 2 is 2.00 bits per heavy atom. The third-order valence-electron chi connectivity index (χ3n) is 4.56. The minimum absolute atomic E-state index is 0.0513. The molecule has 0 aliphatic heterocycles. The summed E-state index contributed by atoms with van der Waals surface area (Å²) in [4.78, 5) is 14.8. The molecule has 0 saturated heterocycles. The van der Waals surface area contributed by atoms with Crippen molar-refractivity contribution in [2.75, 3.05) is 5.73 Å². The molecular formula is C19H12IN5O3. The number of nitriles is 2. The molecule has 3 rings (SSSR count). The molecule has 1 aromatic carbocycles. The summed E-state index contributed by atoms with van der Waals surface area (Å²) in [6, 6.07) is 6.99. The Kier molecular flexibility index (Phi) is 4.79. The first kappa shape index (κ1) is 19.3. The van der Waals surface area contributed by atoms with Crippen molar-refractivity contribution in [3.8, 4) is 17.9 Å². The Balaban J connectivity index is 2.34. The van der Waals surface area contributed by atoms with Gasteiger partial charge in [0.25, 0.3) is 0 Å². The Bertz CT molecular complexity index is 1220. The van der Waals surface area contributed by atoms with E-state index in [0.717, 1.165) is 0 Å². The first-order chi connectivity index (χ1) is 13.2. The second kappa shape index (κ2) is 6.94. The maximum atomic E-state index is 11.2. The molecule has 3 N–H and O–H groups in total. The predicted octanol–water partition coefficient (Wildman–Crippen LogP) is 3.91. The van der Waals surface area contributed by atoms with Crippen molar-refractivity contribution >= 4 is 51.3 Å². The quantitative estimate of drug-likeness (QED) is 0.372. The molecule has 1 aromatic heterocycles. The molecule has 0 fully saturated rings. The summed E-state index contributed by atoms with van der Waals surface area (Å²) in [6.07, 6.45) is 1.68. The number of nitrogens with two attached hydrogens (primary N) is 1. The van der Waals surface area contributed by atoms with Crippen molar-refractivity contribution in [1.29, 1.82) is 10.5 Å². The lowest BCUT2D eigenvalue weighted by Crippen LogP contribution is -2.03. The molecule has 0 atom stereocenters. The van der Waals surface area contributed by atoms with Crippen molar-refractivity contribution in [2.45, 2.75) is 13.8 Å². The number of fused-ring (bicyclic) bond motifs is 1. The normalized spacial score (nSPS) is 14.0. The lowest BCUT2D eigenvalue weighted by Gasteiger charge is -2.11. The number of nitro groups is 1. The zero-order valence-electron chi connectivity index (χ0n) is 14.7. The molecule has 0 saturated carbocycles. The maximum absolute atomic E-state index is 11.2. The summed E-state index contributed by atoms with van der Waals surface area (Å²) in [7, 11) is 0. The molecule has 1 heterocycles. The second-order valence-electron chi connectivity index (χ2n) is 6.13. The highest BCUT2D eigenvalue weighted by molar-refractivity contribution is 14.1. The van der Waals surface area contributed by atoms with Gasteiger partial charge in [-0.25, -0.2) is 4.98 Å². The summed E-state index contributed by atoms with van der Waals surface area (Å²) in [6.45, 7) is 3.47. The molecule has 8 nitrogen and oxygen atoms in total. The van der Waals surface area contributed by atoms with Gasteiger partial charge in [-0.15, -0.1) is 0 Å². The highest BCUT2D eigenvalue weighted by Crippen LogP contribution is 2.44. The number of anilines is 1. The van der Waals surface area contributed by atoms with Gasteiger partial charge in [-0.1, -0.05) is 0 Å². The first-order valence-corrected chi connectivity index (χ1v) is 9.00. The average Bonchev–Trinajstić information content (AvgIpc) is 2.89. The largest absolute Gasteiger partial charge is 0.501 e. The SMILES string of the molecule is CC1=C(C#N)c2nc(N)c(C#N)c(C)c2/C1=C\c1cc(I)c(O)c([N+](=O)[O-])c1. The Labute approximate surface area is 173 Å². The lowest BCUT2D eigenvalue weighted by molar-refractivity contribution is -0.386. The van der Waals surface area contributed by atoms with Crippen molar-refractivity contribution in [3.05, 3.63) is 59.3 Å². The number of allylic oxidation sites excluding steroid dienone is 3. The minimum atomic E-state index is -0.660. The van der Waals surface area contributed by atoms with Crippen molar-refractivity contribution in [1.82, 2.24) is 4.98 Å². The highest BCUT2D eigenvalue weighted by atomic mass is 127. The van der Waals surface area contributed by atoms with Crippen LogP contribution < -0.4 is 5.73 Å². The van der Waals surface area contributed by atoms with Crippen LogP contribution in [0.3, 0.4) is 0 Å². The third kappa shape index (κ3) is 2.86. The molecule has 2 aromatic rings.